The number of aromatic amines is 1. The predicted octanol–water partition coefficient (Wildman–Crippen LogP) is 2.27. The highest BCUT2D eigenvalue weighted by Crippen LogP contribution is 2.22. The van der Waals surface area contributed by atoms with Gasteiger partial charge in [-0.1, -0.05) is 0 Å². The predicted molar refractivity (Wildman–Crippen MR) is 81.1 cm³/mol. The summed E-state index contributed by atoms with van der Waals surface area (Å²) in [6.45, 7) is 6.12. The number of hydrogen-bond acceptors (Lipinski definition) is 2. The van der Waals surface area contributed by atoms with E-state index in [1.807, 2.05) is 18.2 Å². The second-order valence-corrected chi connectivity index (χ2v) is 5.63. The Morgan fingerprint density at radius 1 is 1.25 bits per heavy atom. The maximum Gasteiger partial charge on any atom is 0.251 e. The molecule has 0 aliphatic carbocycles. The summed E-state index contributed by atoms with van der Waals surface area (Å²) in [4.78, 5) is 15.7. The van der Waals surface area contributed by atoms with Crippen LogP contribution in [0.5, 0.6) is 0 Å². The summed E-state index contributed by atoms with van der Waals surface area (Å²) in [6, 6.07) is 6.18. The van der Waals surface area contributed by atoms with Gasteiger partial charge in [-0.15, -0.1) is 0 Å². The first-order valence-electron chi connectivity index (χ1n) is 7.25. The standard InChI is InChI=1S/C16H21N3O/c1-10-11(2)18-15-4-3-12(9-14(10)15)16(20)19-13-5-7-17-8-6-13/h3-4,9,13,17-18H,5-8H2,1-2H3,(H,19,20). The van der Waals surface area contributed by atoms with Crippen molar-refractivity contribution in [2.45, 2.75) is 32.7 Å². The number of aryl methyl sites for hydroxylation is 2. The molecule has 20 heavy (non-hydrogen) atoms. The number of benzene rings is 1. The first-order valence-corrected chi connectivity index (χ1v) is 7.25. The van der Waals surface area contributed by atoms with Gasteiger partial charge in [0.1, 0.15) is 0 Å². The zero-order valence-corrected chi connectivity index (χ0v) is 12.0. The highest BCUT2D eigenvalue weighted by molar-refractivity contribution is 5.99. The van der Waals surface area contributed by atoms with Crippen LogP contribution in [-0.2, 0) is 0 Å². The molecule has 1 amide bonds. The Morgan fingerprint density at radius 3 is 2.75 bits per heavy atom. The quantitative estimate of drug-likeness (QED) is 0.785. The van der Waals surface area contributed by atoms with Crippen LogP contribution in [0.3, 0.4) is 0 Å². The minimum atomic E-state index is 0.0389. The lowest BCUT2D eigenvalue weighted by Crippen LogP contribution is -2.42. The minimum Gasteiger partial charge on any atom is -0.358 e. The average molecular weight is 271 g/mol. The highest BCUT2D eigenvalue weighted by atomic mass is 16.1. The van der Waals surface area contributed by atoms with E-state index in [2.05, 4.69) is 29.5 Å². The Bertz CT molecular complexity index is 638. The topological polar surface area (TPSA) is 56.9 Å². The molecule has 0 atom stereocenters. The Kier molecular flexibility index (Phi) is 3.49. The first kappa shape index (κ1) is 13.2. The molecule has 0 radical (unpaired) electrons. The number of hydrogen-bond donors (Lipinski definition) is 3. The van der Waals surface area contributed by atoms with E-state index in [-0.39, 0.29) is 5.91 Å². The molecule has 3 N–H and O–H groups in total. The molecule has 0 saturated carbocycles. The maximum absolute atomic E-state index is 12.3. The molecule has 4 heteroatoms. The fourth-order valence-corrected chi connectivity index (χ4v) is 2.84. The normalized spacial score (nSPS) is 16.5. The summed E-state index contributed by atoms with van der Waals surface area (Å²) in [6.07, 6.45) is 2.02. The van der Waals surface area contributed by atoms with Crippen molar-refractivity contribution < 1.29 is 4.79 Å². The number of rotatable bonds is 2. The van der Waals surface area contributed by atoms with Crippen LogP contribution in [-0.4, -0.2) is 30.0 Å². The van der Waals surface area contributed by atoms with Crippen molar-refractivity contribution in [3.63, 3.8) is 0 Å². The van der Waals surface area contributed by atoms with Crippen molar-refractivity contribution in [1.29, 1.82) is 0 Å². The van der Waals surface area contributed by atoms with Gasteiger partial charge >= 0.3 is 0 Å². The number of piperidine rings is 1. The number of H-pyrrole nitrogens is 1. The second kappa shape index (κ2) is 5.29. The molecular weight excluding hydrogens is 250 g/mol. The number of carbonyl (C=O) groups excluding carboxylic acids is 1. The summed E-state index contributed by atoms with van der Waals surface area (Å²) in [7, 11) is 0. The largest absolute Gasteiger partial charge is 0.358 e. The van der Waals surface area contributed by atoms with E-state index in [4.69, 9.17) is 0 Å². The average Bonchev–Trinajstić information content (AvgIpc) is 2.75. The molecule has 1 aromatic heterocycles. The van der Waals surface area contributed by atoms with Gasteiger partial charge in [-0.25, -0.2) is 0 Å². The van der Waals surface area contributed by atoms with E-state index in [1.165, 1.54) is 5.56 Å². The number of carbonyl (C=O) groups is 1. The van der Waals surface area contributed by atoms with Gasteiger partial charge in [0.15, 0.2) is 0 Å². The van der Waals surface area contributed by atoms with Gasteiger partial charge in [0, 0.05) is 28.2 Å². The SMILES string of the molecule is Cc1[nH]c2ccc(C(=O)NC3CCNCC3)cc2c1C. The van der Waals surface area contributed by atoms with Crippen LogP contribution in [0.2, 0.25) is 0 Å². The molecule has 0 unspecified atom stereocenters. The van der Waals surface area contributed by atoms with Crippen molar-refractivity contribution in [3.8, 4) is 0 Å². The third-order valence-electron chi connectivity index (χ3n) is 4.24. The molecular formula is C16H21N3O. The van der Waals surface area contributed by atoms with Crippen LogP contribution in [0.1, 0.15) is 34.5 Å². The monoisotopic (exact) mass is 271 g/mol. The second-order valence-electron chi connectivity index (χ2n) is 5.63. The summed E-state index contributed by atoms with van der Waals surface area (Å²) in [5, 5.41) is 7.58. The van der Waals surface area contributed by atoms with E-state index < -0.39 is 0 Å². The molecule has 1 saturated heterocycles. The zero-order valence-electron chi connectivity index (χ0n) is 12.0. The van der Waals surface area contributed by atoms with Crippen molar-refractivity contribution in [1.82, 2.24) is 15.6 Å². The van der Waals surface area contributed by atoms with Gasteiger partial charge < -0.3 is 15.6 Å². The lowest BCUT2D eigenvalue weighted by molar-refractivity contribution is 0.0929. The Hall–Kier alpha value is -1.81. The molecule has 1 aliphatic heterocycles. The van der Waals surface area contributed by atoms with Crippen LogP contribution in [0.15, 0.2) is 18.2 Å². The van der Waals surface area contributed by atoms with Crippen molar-refractivity contribution in [3.05, 3.63) is 35.0 Å². The zero-order chi connectivity index (χ0) is 14.1. The van der Waals surface area contributed by atoms with Gasteiger partial charge in [-0.3, -0.25) is 4.79 Å². The van der Waals surface area contributed by atoms with Gasteiger partial charge in [-0.05, 0) is 63.5 Å². The molecule has 2 aromatic rings. The van der Waals surface area contributed by atoms with E-state index in [0.29, 0.717) is 6.04 Å². The van der Waals surface area contributed by atoms with Crippen LogP contribution in [0.25, 0.3) is 10.9 Å². The van der Waals surface area contributed by atoms with Crippen LogP contribution >= 0.6 is 0 Å². The molecule has 1 aliphatic rings. The Morgan fingerprint density at radius 2 is 2.00 bits per heavy atom. The van der Waals surface area contributed by atoms with Crippen LogP contribution < -0.4 is 10.6 Å². The molecule has 106 valence electrons. The van der Waals surface area contributed by atoms with Crippen molar-refractivity contribution in [2.24, 2.45) is 0 Å². The molecule has 4 nitrogen and oxygen atoms in total. The third-order valence-corrected chi connectivity index (χ3v) is 4.24. The van der Waals surface area contributed by atoms with Crippen molar-refractivity contribution in [2.75, 3.05) is 13.1 Å². The van der Waals surface area contributed by atoms with E-state index in [0.717, 1.165) is 48.1 Å². The maximum atomic E-state index is 12.3. The number of nitrogens with one attached hydrogen (secondary N) is 3. The number of fused-ring (bicyclic) bond motifs is 1. The highest BCUT2D eigenvalue weighted by Gasteiger charge is 2.17. The van der Waals surface area contributed by atoms with E-state index in [9.17, 15) is 4.79 Å². The van der Waals surface area contributed by atoms with Crippen molar-refractivity contribution >= 4 is 16.8 Å². The van der Waals surface area contributed by atoms with Gasteiger partial charge in [0.25, 0.3) is 5.91 Å². The van der Waals surface area contributed by atoms with E-state index in [1.54, 1.807) is 0 Å². The summed E-state index contributed by atoms with van der Waals surface area (Å²) >= 11 is 0. The van der Waals surface area contributed by atoms with E-state index >= 15 is 0 Å². The summed E-state index contributed by atoms with van der Waals surface area (Å²) in [5.41, 5.74) is 4.23. The molecule has 1 fully saturated rings. The fourth-order valence-electron chi connectivity index (χ4n) is 2.84. The van der Waals surface area contributed by atoms with Crippen LogP contribution in [0.4, 0.5) is 0 Å². The van der Waals surface area contributed by atoms with Gasteiger partial charge in [0.2, 0.25) is 0 Å². The minimum absolute atomic E-state index is 0.0389. The molecule has 1 aromatic carbocycles. The molecule has 0 spiro atoms. The number of aromatic nitrogens is 1. The number of amides is 1. The fraction of sp³-hybridized carbons (Fsp3) is 0.438. The Balaban J connectivity index is 1.82. The Labute approximate surface area is 118 Å². The van der Waals surface area contributed by atoms with Gasteiger partial charge in [0.05, 0.1) is 0 Å². The molecule has 3 rings (SSSR count). The van der Waals surface area contributed by atoms with Crippen LogP contribution in [0, 0.1) is 13.8 Å². The summed E-state index contributed by atoms with van der Waals surface area (Å²) < 4.78 is 0. The van der Waals surface area contributed by atoms with Gasteiger partial charge in [-0.2, -0.15) is 0 Å². The smallest absolute Gasteiger partial charge is 0.251 e. The lowest BCUT2D eigenvalue weighted by atomic mass is 10.0. The third kappa shape index (κ3) is 2.43. The molecule has 2 heterocycles. The lowest BCUT2D eigenvalue weighted by Gasteiger charge is -2.23. The first-order chi connectivity index (χ1) is 9.65. The molecule has 0 bridgehead atoms. The summed E-state index contributed by atoms with van der Waals surface area (Å²) in [5.74, 6) is 0.0389.